The van der Waals surface area contributed by atoms with Crippen LogP contribution in [0.3, 0.4) is 0 Å². The summed E-state index contributed by atoms with van der Waals surface area (Å²) in [5.74, 6) is 0. The first-order chi connectivity index (χ1) is 5.24. The van der Waals surface area contributed by atoms with Gasteiger partial charge in [0.25, 0.3) is 0 Å². The summed E-state index contributed by atoms with van der Waals surface area (Å²) < 4.78 is 1.12. The topological polar surface area (TPSA) is 52.0 Å². The minimum absolute atomic E-state index is 0. The maximum Gasteiger partial charge on any atom is 0.0701 e. The van der Waals surface area contributed by atoms with Gasteiger partial charge in [0.05, 0.1) is 3.79 Å². The first-order valence-corrected chi connectivity index (χ1v) is 5.06. The Bertz CT molecular complexity index is 229. The summed E-state index contributed by atoms with van der Waals surface area (Å²) in [5.41, 5.74) is 11.2. The first-order valence-electron chi connectivity index (χ1n) is 3.45. The van der Waals surface area contributed by atoms with E-state index in [0.29, 0.717) is 6.54 Å². The Kier molecular flexibility index (Phi) is 6.13. The van der Waals surface area contributed by atoms with Crippen molar-refractivity contribution in [2.24, 2.45) is 11.5 Å². The van der Waals surface area contributed by atoms with Gasteiger partial charge in [0.2, 0.25) is 0 Å². The highest BCUT2D eigenvalue weighted by molar-refractivity contribution is 9.11. The smallest absolute Gasteiger partial charge is 0.0701 e. The molecule has 1 aromatic rings. The number of rotatable bonds is 3. The van der Waals surface area contributed by atoms with Crippen molar-refractivity contribution in [2.75, 3.05) is 6.54 Å². The second-order valence-corrected chi connectivity index (χ2v) is 4.82. The van der Waals surface area contributed by atoms with E-state index in [-0.39, 0.29) is 18.4 Å². The van der Waals surface area contributed by atoms with Crippen LogP contribution in [0.5, 0.6) is 0 Å². The molecule has 70 valence electrons. The normalized spacial score (nSPS) is 12.2. The van der Waals surface area contributed by atoms with Crippen molar-refractivity contribution in [1.82, 2.24) is 0 Å². The zero-order chi connectivity index (χ0) is 8.27. The lowest BCUT2D eigenvalue weighted by molar-refractivity contribution is 0.672. The molecule has 0 amide bonds. The lowest BCUT2D eigenvalue weighted by Crippen LogP contribution is -2.13. The fraction of sp³-hybridized carbons (Fsp3) is 0.429. The van der Waals surface area contributed by atoms with E-state index in [1.807, 2.05) is 12.1 Å². The van der Waals surface area contributed by atoms with Crippen molar-refractivity contribution >= 4 is 39.7 Å². The Labute approximate surface area is 90.9 Å². The van der Waals surface area contributed by atoms with E-state index in [9.17, 15) is 0 Å². The molecule has 1 atom stereocenters. The molecule has 0 fully saturated rings. The maximum absolute atomic E-state index is 5.83. The Morgan fingerprint density at radius 2 is 2.17 bits per heavy atom. The molecule has 0 aliphatic rings. The highest BCUT2D eigenvalue weighted by Crippen LogP contribution is 2.27. The van der Waals surface area contributed by atoms with E-state index < -0.39 is 0 Å². The fourth-order valence-electron chi connectivity index (χ4n) is 0.849. The summed E-state index contributed by atoms with van der Waals surface area (Å²) in [7, 11) is 0. The van der Waals surface area contributed by atoms with Gasteiger partial charge in [-0.05, 0) is 41.0 Å². The minimum Gasteiger partial charge on any atom is -0.330 e. The van der Waals surface area contributed by atoms with Crippen LogP contribution in [-0.2, 0) is 0 Å². The first kappa shape index (κ1) is 12.4. The molecule has 4 N–H and O–H groups in total. The van der Waals surface area contributed by atoms with Crippen LogP contribution < -0.4 is 11.5 Å². The molecule has 0 radical (unpaired) electrons. The number of thiophene rings is 1. The van der Waals surface area contributed by atoms with Gasteiger partial charge in [0, 0.05) is 10.9 Å². The molecular formula is C7H12BrClN2S. The monoisotopic (exact) mass is 270 g/mol. The molecule has 0 spiro atoms. The van der Waals surface area contributed by atoms with Crippen LogP contribution in [-0.4, -0.2) is 6.54 Å². The van der Waals surface area contributed by atoms with E-state index in [1.165, 1.54) is 4.88 Å². The van der Waals surface area contributed by atoms with Gasteiger partial charge in [-0.3, -0.25) is 0 Å². The van der Waals surface area contributed by atoms with Crippen LogP contribution in [0.25, 0.3) is 0 Å². The Hall–Kier alpha value is 0.390. The molecule has 0 aliphatic heterocycles. The van der Waals surface area contributed by atoms with Crippen molar-refractivity contribution in [3.63, 3.8) is 0 Å². The summed E-state index contributed by atoms with van der Waals surface area (Å²) in [5, 5.41) is 0. The highest BCUT2D eigenvalue weighted by atomic mass is 79.9. The molecule has 0 aromatic carbocycles. The average Bonchev–Trinajstić information content (AvgIpc) is 2.36. The van der Waals surface area contributed by atoms with E-state index in [4.69, 9.17) is 11.5 Å². The molecule has 12 heavy (non-hydrogen) atoms. The number of hydrogen-bond acceptors (Lipinski definition) is 3. The largest absolute Gasteiger partial charge is 0.330 e. The summed E-state index contributed by atoms with van der Waals surface area (Å²) in [6, 6.07) is 4.15. The lowest BCUT2D eigenvalue weighted by Gasteiger charge is -2.05. The second-order valence-electron chi connectivity index (χ2n) is 2.33. The number of halogens is 2. The zero-order valence-corrected chi connectivity index (χ0v) is 9.71. The van der Waals surface area contributed by atoms with Gasteiger partial charge in [-0.25, -0.2) is 0 Å². The van der Waals surface area contributed by atoms with Crippen LogP contribution >= 0.6 is 39.7 Å². The van der Waals surface area contributed by atoms with Gasteiger partial charge in [-0.1, -0.05) is 0 Å². The second kappa shape index (κ2) is 5.94. The Balaban J connectivity index is 0.00000121. The lowest BCUT2D eigenvalue weighted by atomic mass is 10.2. The van der Waals surface area contributed by atoms with Crippen LogP contribution in [0.15, 0.2) is 15.9 Å². The van der Waals surface area contributed by atoms with Gasteiger partial charge in [-0.2, -0.15) is 0 Å². The van der Waals surface area contributed by atoms with Crippen LogP contribution in [0.4, 0.5) is 0 Å². The minimum atomic E-state index is 0. The fourth-order valence-corrected chi connectivity index (χ4v) is 2.31. The summed E-state index contributed by atoms with van der Waals surface area (Å²) in [6.45, 7) is 0.649. The van der Waals surface area contributed by atoms with Crippen molar-refractivity contribution in [3.05, 3.63) is 20.8 Å². The molecular weight excluding hydrogens is 260 g/mol. The molecule has 2 nitrogen and oxygen atoms in total. The molecule has 1 aromatic heterocycles. The molecule has 1 rings (SSSR count). The summed E-state index contributed by atoms with van der Waals surface area (Å²) in [6.07, 6.45) is 0.854. The van der Waals surface area contributed by atoms with Gasteiger partial charge in [-0.15, -0.1) is 23.7 Å². The molecule has 1 heterocycles. The summed E-state index contributed by atoms with van der Waals surface area (Å²) in [4.78, 5) is 1.20. The standard InChI is InChI=1S/C7H11BrN2S.ClH/c8-7-2-1-6(11-7)5(10)3-4-9;/h1-2,5H,3-4,9-10H2;1H/t5-;/m0./s1. The van der Waals surface area contributed by atoms with Gasteiger partial charge in [0.1, 0.15) is 0 Å². The molecule has 0 aliphatic carbocycles. The van der Waals surface area contributed by atoms with E-state index in [1.54, 1.807) is 11.3 Å². The maximum atomic E-state index is 5.83. The van der Waals surface area contributed by atoms with Gasteiger partial charge >= 0.3 is 0 Å². The third kappa shape index (κ3) is 3.41. The van der Waals surface area contributed by atoms with Crippen LogP contribution in [0.2, 0.25) is 0 Å². The van der Waals surface area contributed by atoms with E-state index in [2.05, 4.69) is 15.9 Å². The molecule has 0 bridgehead atoms. The third-order valence-corrected chi connectivity index (χ3v) is 3.19. The van der Waals surface area contributed by atoms with Crippen LogP contribution in [0, 0.1) is 0 Å². The Morgan fingerprint density at radius 3 is 2.58 bits per heavy atom. The molecule has 0 saturated carbocycles. The molecule has 5 heteroatoms. The van der Waals surface area contributed by atoms with Crippen molar-refractivity contribution in [3.8, 4) is 0 Å². The van der Waals surface area contributed by atoms with Gasteiger partial charge < -0.3 is 11.5 Å². The zero-order valence-electron chi connectivity index (χ0n) is 6.50. The van der Waals surface area contributed by atoms with E-state index >= 15 is 0 Å². The predicted octanol–water partition coefficient (Wildman–Crippen LogP) is 2.28. The number of hydrogen-bond donors (Lipinski definition) is 2. The van der Waals surface area contributed by atoms with Gasteiger partial charge in [0.15, 0.2) is 0 Å². The van der Waals surface area contributed by atoms with E-state index in [0.717, 1.165) is 10.2 Å². The highest BCUT2D eigenvalue weighted by Gasteiger charge is 2.06. The summed E-state index contributed by atoms with van der Waals surface area (Å²) >= 11 is 5.06. The quantitative estimate of drug-likeness (QED) is 0.886. The average molecular weight is 272 g/mol. The Morgan fingerprint density at radius 1 is 1.50 bits per heavy atom. The predicted molar refractivity (Wildman–Crippen MR) is 59.9 cm³/mol. The van der Waals surface area contributed by atoms with Crippen LogP contribution in [0.1, 0.15) is 17.3 Å². The van der Waals surface area contributed by atoms with Crippen molar-refractivity contribution in [2.45, 2.75) is 12.5 Å². The van der Waals surface area contributed by atoms with Crippen molar-refractivity contribution < 1.29 is 0 Å². The SMILES string of the molecule is Cl.NCC[C@H](N)c1ccc(Br)s1. The third-order valence-electron chi connectivity index (χ3n) is 1.44. The molecule has 0 saturated heterocycles. The molecule has 0 unspecified atom stereocenters. The van der Waals surface area contributed by atoms with Crippen molar-refractivity contribution in [1.29, 1.82) is 0 Å². The number of nitrogens with two attached hydrogens (primary N) is 2.